The number of hydrogen-bond donors (Lipinski definition) is 0. The fourth-order valence-electron chi connectivity index (χ4n) is 6.59. The molecule has 2 aliphatic heterocycles. The predicted octanol–water partition coefficient (Wildman–Crippen LogP) is 8.20. The lowest BCUT2D eigenvalue weighted by Gasteiger charge is -2.51. The monoisotopic (exact) mass is 464 g/mol. The van der Waals surface area contributed by atoms with E-state index in [0.29, 0.717) is 0 Å². The van der Waals surface area contributed by atoms with Gasteiger partial charge in [0.25, 0.3) is 0 Å². The summed E-state index contributed by atoms with van der Waals surface area (Å²) in [7, 11) is 0. The zero-order chi connectivity index (χ0) is 24.5. The molecule has 0 bridgehead atoms. The number of anilines is 3. The van der Waals surface area contributed by atoms with Crippen molar-refractivity contribution in [3.63, 3.8) is 0 Å². The molecule has 0 saturated heterocycles. The van der Waals surface area contributed by atoms with Crippen LogP contribution in [-0.4, -0.2) is 4.98 Å². The standard InChI is InChI=1S/C34H28N2/c1-23-19-20-26-30(22-23)36-31-27(33(2,3)29-18-11-21-35-32(29)36)16-10-17-28(31)34(26,24-12-6-4-7-13-24)25-14-8-5-9-15-25/h4-22H,1-3H3. The molecule has 0 unspecified atom stereocenters. The van der Waals surface area contributed by atoms with E-state index < -0.39 is 5.41 Å². The summed E-state index contributed by atoms with van der Waals surface area (Å²) in [5.74, 6) is 1.03. The molecule has 3 heterocycles. The molecule has 36 heavy (non-hydrogen) atoms. The van der Waals surface area contributed by atoms with Gasteiger partial charge in [0.1, 0.15) is 5.82 Å². The Bertz CT molecular complexity index is 1580. The van der Waals surface area contributed by atoms with Crippen molar-refractivity contribution in [2.75, 3.05) is 4.90 Å². The molecule has 2 heteroatoms. The van der Waals surface area contributed by atoms with Gasteiger partial charge in [-0.3, -0.25) is 4.90 Å². The van der Waals surface area contributed by atoms with E-state index in [4.69, 9.17) is 4.98 Å². The maximum Gasteiger partial charge on any atom is 0.141 e. The molecule has 0 atom stereocenters. The highest BCUT2D eigenvalue weighted by Crippen LogP contribution is 2.62. The summed E-state index contributed by atoms with van der Waals surface area (Å²) < 4.78 is 0. The van der Waals surface area contributed by atoms with Gasteiger partial charge in [-0.25, -0.2) is 4.98 Å². The number of aryl methyl sites for hydroxylation is 1. The second-order valence-corrected chi connectivity index (χ2v) is 10.5. The Hall–Kier alpha value is -4.17. The molecule has 0 fully saturated rings. The quantitative estimate of drug-likeness (QED) is 0.257. The Morgan fingerprint density at radius 3 is 1.94 bits per heavy atom. The van der Waals surface area contributed by atoms with Crippen LogP contribution in [0.1, 0.15) is 52.8 Å². The molecule has 4 aromatic carbocycles. The molecule has 2 aliphatic rings. The first kappa shape index (κ1) is 21.1. The summed E-state index contributed by atoms with van der Waals surface area (Å²) in [6.07, 6.45) is 1.92. The molecule has 0 radical (unpaired) electrons. The molecule has 0 amide bonds. The minimum atomic E-state index is -0.449. The molecule has 1 aromatic heterocycles. The highest BCUT2D eigenvalue weighted by atomic mass is 15.2. The largest absolute Gasteiger partial charge is 0.294 e. The third-order valence-electron chi connectivity index (χ3n) is 8.22. The molecule has 174 valence electrons. The summed E-state index contributed by atoms with van der Waals surface area (Å²) in [4.78, 5) is 7.42. The molecule has 0 aliphatic carbocycles. The highest BCUT2D eigenvalue weighted by molar-refractivity contribution is 5.94. The van der Waals surface area contributed by atoms with Crippen molar-refractivity contribution in [2.24, 2.45) is 0 Å². The molecule has 0 saturated carbocycles. The van der Waals surface area contributed by atoms with Gasteiger partial charge in [-0.05, 0) is 52.4 Å². The first-order valence-electron chi connectivity index (χ1n) is 12.7. The molecule has 2 nitrogen and oxygen atoms in total. The van der Waals surface area contributed by atoms with Gasteiger partial charge in [0.15, 0.2) is 0 Å². The van der Waals surface area contributed by atoms with Crippen molar-refractivity contribution < 1.29 is 0 Å². The number of aromatic nitrogens is 1. The Balaban J connectivity index is 1.72. The van der Waals surface area contributed by atoms with E-state index in [-0.39, 0.29) is 5.41 Å². The highest BCUT2D eigenvalue weighted by Gasteiger charge is 2.50. The molecule has 5 aromatic rings. The number of rotatable bonds is 2. The molecular formula is C34H28N2. The first-order chi connectivity index (χ1) is 17.5. The van der Waals surface area contributed by atoms with Gasteiger partial charge >= 0.3 is 0 Å². The van der Waals surface area contributed by atoms with Crippen LogP contribution in [0.5, 0.6) is 0 Å². The number of benzene rings is 4. The van der Waals surface area contributed by atoms with Crippen LogP contribution >= 0.6 is 0 Å². The first-order valence-corrected chi connectivity index (χ1v) is 12.7. The van der Waals surface area contributed by atoms with E-state index in [1.807, 2.05) is 6.20 Å². The van der Waals surface area contributed by atoms with Crippen LogP contribution in [0, 0.1) is 6.92 Å². The summed E-state index contributed by atoms with van der Waals surface area (Å²) in [6, 6.07) is 40.1. The van der Waals surface area contributed by atoms with E-state index in [0.717, 1.165) is 5.82 Å². The van der Waals surface area contributed by atoms with Gasteiger partial charge in [-0.1, -0.05) is 111 Å². The number of hydrogen-bond acceptors (Lipinski definition) is 2. The van der Waals surface area contributed by atoms with E-state index in [1.165, 1.54) is 50.3 Å². The second-order valence-electron chi connectivity index (χ2n) is 10.5. The zero-order valence-electron chi connectivity index (χ0n) is 20.9. The fraction of sp³-hybridized carbons (Fsp3) is 0.147. The van der Waals surface area contributed by atoms with Crippen molar-refractivity contribution in [2.45, 2.75) is 31.6 Å². The van der Waals surface area contributed by atoms with Crippen molar-refractivity contribution in [1.29, 1.82) is 0 Å². The molecule has 0 spiro atoms. The van der Waals surface area contributed by atoms with Crippen LogP contribution in [0.15, 0.2) is 115 Å². The van der Waals surface area contributed by atoms with Crippen LogP contribution in [0.3, 0.4) is 0 Å². The Labute approximate surface area is 212 Å². The van der Waals surface area contributed by atoms with E-state index >= 15 is 0 Å². The lowest BCUT2D eigenvalue weighted by Crippen LogP contribution is -2.42. The smallest absolute Gasteiger partial charge is 0.141 e. The lowest BCUT2D eigenvalue weighted by atomic mass is 9.60. The van der Waals surface area contributed by atoms with Crippen LogP contribution in [-0.2, 0) is 10.8 Å². The zero-order valence-corrected chi connectivity index (χ0v) is 20.9. The van der Waals surface area contributed by atoms with E-state index in [9.17, 15) is 0 Å². The van der Waals surface area contributed by atoms with Crippen LogP contribution in [0.4, 0.5) is 17.2 Å². The van der Waals surface area contributed by atoms with Crippen molar-refractivity contribution in [3.05, 3.63) is 154 Å². The van der Waals surface area contributed by atoms with E-state index in [1.54, 1.807) is 0 Å². The van der Waals surface area contributed by atoms with Crippen molar-refractivity contribution in [3.8, 4) is 0 Å². The molecule has 7 rings (SSSR count). The van der Waals surface area contributed by atoms with E-state index in [2.05, 4.69) is 135 Å². The lowest BCUT2D eigenvalue weighted by molar-refractivity contribution is 0.615. The van der Waals surface area contributed by atoms with Gasteiger partial charge in [0.05, 0.1) is 16.8 Å². The number of nitrogens with zero attached hydrogens (tertiary/aromatic N) is 2. The van der Waals surface area contributed by atoms with Gasteiger partial charge in [0.2, 0.25) is 0 Å². The third-order valence-corrected chi connectivity index (χ3v) is 8.22. The molecule has 0 N–H and O–H groups in total. The Morgan fingerprint density at radius 2 is 1.25 bits per heavy atom. The summed E-state index contributed by atoms with van der Waals surface area (Å²) in [5, 5.41) is 0. The minimum absolute atomic E-state index is 0.175. The predicted molar refractivity (Wildman–Crippen MR) is 148 cm³/mol. The Kier molecular flexibility index (Phi) is 4.35. The fourth-order valence-corrected chi connectivity index (χ4v) is 6.59. The summed E-state index contributed by atoms with van der Waals surface area (Å²) in [6.45, 7) is 6.85. The topological polar surface area (TPSA) is 16.1 Å². The van der Waals surface area contributed by atoms with Gasteiger partial charge in [-0.2, -0.15) is 0 Å². The van der Waals surface area contributed by atoms with Crippen molar-refractivity contribution >= 4 is 17.2 Å². The van der Waals surface area contributed by atoms with Gasteiger partial charge in [0, 0.05) is 17.2 Å². The summed E-state index contributed by atoms with van der Waals surface area (Å²) in [5.41, 5.74) is 10.8. The number of fused-ring (bicyclic) bond motifs is 4. The third kappa shape index (κ3) is 2.59. The molecular weight excluding hydrogens is 436 g/mol. The maximum atomic E-state index is 4.99. The normalized spacial score (nSPS) is 16.0. The van der Waals surface area contributed by atoms with Crippen molar-refractivity contribution in [1.82, 2.24) is 4.98 Å². The summed E-state index contributed by atoms with van der Waals surface area (Å²) >= 11 is 0. The average molecular weight is 465 g/mol. The minimum Gasteiger partial charge on any atom is -0.294 e. The SMILES string of the molecule is Cc1ccc2c(c1)N1c3ncccc3C(C)(C)c3cccc(c31)C2(c1ccccc1)c1ccccc1. The maximum absolute atomic E-state index is 4.99. The van der Waals surface area contributed by atoms with Crippen LogP contribution in [0.25, 0.3) is 0 Å². The number of pyridine rings is 1. The second kappa shape index (κ2) is 7.41. The van der Waals surface area contributed by atoms with Crippen LogP contribution < -0.4 is 4.90 Å². The van der Waals surface area contributed by atoms with Gasteiger partial charge in [-0.15, -0.1) is 0 Å². The van der Waals surface area contributed by atoms with Crippen LogP contribution in [0.2, 0.25) is 0 Å². The average Bonchev–Trinajstić information content (AvgIpc) is 2.92. The Morgan fingerprint density at radius 1 is 0.611 bits per heavy atom. The number of para-hydroxylation sites is 1. The van der Waals surface area contributed by atoms with Gasteiger partial charge < -0.3 is 0 Å².